The van der Waals surface area contributed by atoms with E-state index < -0.39 is 0 Å². The normalized spacial score (nSPS) is 12.1. The van der Waals surface area contributed by atoms with Gasteiger partial charge in [0.05, 0.1) is 11.7 Å². The van der Waals surface area contributed by atoms with Crippen LogP contribution in [0.1, 0.15) is 34.0 Å². The zero-order chi connectivity index (χ0) is 15.5. The van der Waals surface area contributed by atoms with Crippen LogP contribution in [-0.2, 0) is 0 Å². The summed E-state index contributed by atoms with van der Waals surface area (Å²) in [6, 6.07) is 7.73. The lowest BCUT2D eigenvalue weighted by atomic mass is 10.1. The van der Waals surface area contributed by atoms with Gasteiger partial charge in [0.1, 0.15) is 12.7 Å². The molecule has 3 rings (SSSR count). The first-order valence-electron chi connectivity index (χ1n) is 6.81. The second kappa shape index (κ2) is 6.07. The largest absolute Gasteiger partial charge is 0.343 e. The minimum absolute atomic E-state index is 0.0958. The fourth-order valence-electron chi connectivity index (χ4n) is 2.06. The fourth-order valence-corrected chi connectivity index (χ4v) is 2.75. The molecule has 0 aliphatic carbocycles. The van der Waals surface area contributed by atoms with Crippen LogP contribution < -0.4 is 5.32 Å². The number of nitrogens with zero attached hydrogens (tertiary/aromatic N) is 4. The quantitative estimate of drug-likeness (QED) is 0.803. The molecule has 1 atom stereocenters. The first-order valence-corrected chi connectivity index (χ1v) is 7.69. The van der Waals surface area contributed by atoms with Crippen LogP contribution in [0, 0.1) is 6.92 Å². The number of carbonyl (C=O) groups excluding carboxylic acids is 1. The van der Waals surface area contributed by atoms with Gasteiger partial charge in [0.2, 0.25) is 0 Å². The molecule has 7 heteroatoms. The summed E-state index contributed by atoms with van der Waals surface area (Å²) in [6.07, 6.45) is 3.14. The molecule has 1 aromatic carbocycles. The number of hydrogen-bond donors (Lipinski definition) is 1. The average Bonchev–Trinajstić information content (AvgIpc) is 3.18. The van der Waals surface area contributed by atoms with Crippen molar-refractivity contribution in [2.75, 3.05) is 0 Å². The molecule has 0 saturated carbocycles. The van der Waals surface area contributed by atoms with Gasteiger partial charge in [-0.05, 0) is 31.5 Å². The molecule has 0 bridgehead atoms. The van der Waals surface area contributed by atoms with Gasteiger partial charge in [0, 0.05) is 11.1 Å². The molecule has 3 aromatic rings. The molecular weight excluding hydrogens is 298 g/mol. The number of thiazole rings is 1. The predicted octanol–water partition coefficient (Wildman–Crippen LogP) is 2.52. The van der Waals surface area contributed by atoms with Crippen LogP contribution in [0.25, 0.3) is 5.69 Å². The molecule has 0 fully saturated rings. The van der Waals surface area contributed by atoms with Crippen LogP contribution in [0.5, 0.6) is 0 Å². The molecule has 1 N–H and O–H groups in total. The Morgan fingerprint density at radius 2 is 2.09 bits per heavy atom. The van der Waals surface area contributed by atoms with Crippen LogP contribution in [0.2, 0.25) is 0 Å². The lowest BCUT2D eigenvalue weighted by molar-refractivity contribution is 0.0939. The molecule has 1 amide bonds. The minimum Gasteiger partial charge on any atom is -0.343 e. The number of amides is 1. The summed E-state index contributed by atoms with van der Waals surface area (Å²) in [5, 5.41) is 9.39. The Balaban J connectivity index is 1.69. The summed E-state index contributed by atoms with van der Waals surface area (Å²) in [5.41, 5.74) is 2.81. The summed E-state index contributed by atoms with van der Waals surface area (Å²) >= 11 is 1.35. The van der Waals surface area contributed by atoms with E-state index in [1.165, 1.54) is 17.7 Å². The van der Waals surface area contributed by atoms with E-state index in [-0.39, 0.29) is 11.9 Å². The van der Waals surface area contributed by atoms with Crippen molar-refractivity contribution in [3.05, 3.63) is 58.6 Å². The van der Waals surface area contributed by atoms with E-state index in [1.54, 1.807) is 11.0 Å². The highest BCUT2D eigenvalue weighted by Gasteiger charge is 2.14. The monoisotopic (exact) mass is 313 g/mol. The molecule has 1 unspecified atom stereocenters. The lowest BCUT2D eigenvalue weighted by Crippen LogP contribution is -2.26. The Kier molecular flexibility index (Phi) is 3.97. The van der Waals surface area contributed by atoms with Crippen molar-refractivity contribution in [2.24, 2.45) is 0 Å². The van der Waals surface area contributed by atoms with E-state index in [9.17, 15) is 4.79 Å². The fraction of sp³-hybridized carbons (Fsp3) is 0.200. The molecule has 0 saturated heterocycles. The van der Waals surface area contributed by atoms with Gasteiger partial charge in [-0.15, -0.1) is 11.3 Å². The number of hydrogen-bond acceptors (Lipinski definition) is 5. The Morgan fingerprint density at radius 3 is 2.68 bits per heavy atom. The molecule has 0 aliphatic rings. The van der Waals surface area contributed by atoms with E-state index in [4.69, 9.17) is 0 Å². The van der Waals surface area contributed by atoms with Crippen molar-refractivity contribution >= 4 is 17.2 Å². The first-order chi connectivity index (χ1) is 10.6. The summed E-state index contributed by atoms with van der Waals surface area (Å²) < 4.78 is 1.69. The molecule has 2 aromatic heterocycles. The van der Waals surface area contributed by atoms with Crippen LogP contribution in [0.15, 0.2) is 42.3 Å². The number of rotatable bonds is 4. The maximum Gasteiger partial charge on any atom is 0.280 e. The maximum absolute atomic E-state index is 12.1. The molecule has 0 radical (unpaired) electrons. The van der Waals surface area contributed by atoms with Gasteiger partial charge in [-0.1, -0.05) is 12.1 Å². The van der Waals surface area contributed by atoms with Crippen molar-refractivity contribution in [1.82, 2.24) is 25.1 Å². The third-order valence-corrected chi connectivity index (χ3v) is 4.20. The third kappa shape index (κ3) is 3.04. The number of carbonyl (C=O) groups is 1. The van der Waals surface area contributed by atoms with Gasteiger partial charge >= 0.3 is 0 Å². The van der Waals surface area contributed by atoms with E-state index in [2.05, 4.69) is 20.4 Å². The zero-order valence-corrected chi connectivity index (χ0v) is 13.0. The van der Waals surface area contributed by atoms with Crippen LogP contribution >= 0.6 is 11.3 Å². The Labute approximate surface area is 131 Å². The Bertz CT molecular complexity index is 764. The van der Waals surface area contributed by atoms with E-state index in [0.29, 0.717) is 5.01 Å². The highest BCUT2D eigenvalue weighted by molar-refractivity contribution is 7.11. The van der Waals surface area contributed by atoms with Gasteiger partial charge in [0.25, 0.3) is 5.91 Å². The molecule has 0 aliphatic heterocycles. The zero-order valence-electron chi connectivity index (χ0n) is 12.2. The molecule has 6 nitrogen and oxygen atoms in total. The number of benzene rings is 1. The molecule has 2 heterocycles. The summed E-state index contributed by atoms with van der Waals surface area (Å²) in [5.74, 6) is -0.147. The number of nitrogens with one attached hydrogen (secondary N) is 1. The van der Waals surface area contributed by atoms with Gasteiger partial charge in [0.15, 0.2) is 5.01 Å². The van der Waals surface area contributed by atoms with E-state index in [0.717, 1.165) is 16.9 Å². The third-order valence-electron chi connectivity index (χ3n) is 3.24. The van der Waals surface area contributed by atoms with Crippen LogP contribution in [0.3, 0.4) is 0 Å². The van der Waals surface area contributed by atoms with Crippen molar-refractivity contribution in [2.45, 2.75) is 19.9 Å². The second-order valence-corrected chi connectivity index (χ2v) is 5.78. The average molecular weight is 313 g/mol. The molecular formula is C15H15N5OS. The van der Waals surface area contributed by atoms with E-state index >= 15 is 0 Å². The summed E-state index contributed by atoms with van der Waals surface area (Å²) in [6.45, 7) is 3.82. The Hall–Kier alpha value is -2.54. The maximum atomic E-state index is 12.1. The first kappa shape index (κ1) is 14.4. The van der Waals surface area contributed by atoms with Gasteiger partial charge in [-0.25, -0.2) is 14.6 Å². The molecule has 0 spiro atoms. The minimum atomic E-state index is -0.147. The summed E-state index contributed by atoms with van der Waals surface area (Å²) in [7, 11) is 0. The Morgan fingerprint density at radius 1 is 1.32 bits per heavy atom. The molecule has 22 heavy (non-hydrogen) atoms. The smallest absolute Gasteiger partial charge is 0.280 e. The van der Waals surface area contributed by atoms with Crippen molar-refractivity contribution in [1.29, 1.82) is 0 Å². The van der Waals surface area contributed by atoms with Gasteiger partial charge < -0.3 is 5.32 Å². The van der Waals surface area contributed by atoms with Crippen molar-refractivity contribution < 1.29 is 4.79 Å². The van der Waals surface area contributed by atoms with Crippen LogP contribution in [0.4, 0.5) is 0 Å². The molecule has 112 valence electrons. The van der Waals surface area contributed by atoms with Crippen LogP contribution in [-0.4, -0.2) is 25.7 Å². The van der Waals surface area contributed by atoms with Crippen molar-refractivity contribution in [3.63, 3.8) is 0 Å². The highest BCUT2D eigenvalue weighted by Crippen LogP contribution is 2.16. The van der Waals surface area contributed by atoms with E-state index in [1.807, 2.05) is 43.5 Å². The topological polar surface area (TPSA) is 72.7 Å². The SMILES string of the molecule is Cc1csc(C(=O)NC(C)c2ccc(-n3cncn3)cc2)n1. The lowest BCUT2D eigenvalue weighted by Gasteiger charge is -2.14. The second-order valence-electron chi connectivity index (χ2n) is 4.92. The van der Waals surface area contributed by atoms with Gasteiger partial charge in [-0.3, -0.25) is 4.79 Å². The number of aryl methyl sites for hydroxylation is 1. The van der Waals surface area contributed by atoms with Crippen molar-refractivity contribution in [3.8, 4) is 5.69 Å². The summed E-state index contributed by atoms with van der Waals surface area (Å²) in [4.78, 5) is 20.2. The predicted molar refractivity (Wildman–Crippen MR) is 84.1 cm³/mol. The van der Waals surface area contributed by atoms with Gasteiger partial charge in [-0.2, -0.15) is 5.10 Å². The number of aromatic nitrogens is 4. The highest BCUT2D eigenvalue weighted by atomic mass is 32.1. The standard InChI is InChI=1S/C15H15N5OS/c1-10-7-22-15(18-10)14(21)19-11(2)12-3-5-13(6-4-12)20-9-16-8-17-20/h3-9,11H,1-2H3,(H,19,21).